The first kappa shape index (κ1) is 13.1. The molecule has 0 spiro atoms. The van der Waals surface area contributed by atoms with Crippen molar-refractivity contribution in [1.29, 1.82) is 0 Å². The van der Waals surface area contributed by atoms with Gasteiger partial charge >= 0.3 is 6.18 Å². The molecule has 0 radical (unpaired) electrons. The van der Waals surface area contributed by atoms with Crippen LogP contribution >= 0.6 is 22.9 Å². The van der Waals surface area contributed by atoms with Crippen LogP contribution in [0.25, 0.3) is 0 Å². The van der Waals surface area contributed by atoms with E-state index >= 15 is 0 Å². The van der Waals surface area contributed by atoms with E-state index in [0.29, 0.717) is 22.0 Å². The first-order chi connectivity index (χ1) is 8.36. The van der Waals surface area contributed by atoms with E-state index in [1.54, 1.807) is 25.1 Å². The fourth-order valence-corrected chi connectivity index (χ4v) is 2.12. The summed E-state index contributed by atoms with van der Waals surface area (Å²) in [4.78, 5) is 0. The van der Waals surface area contributed by atoms with Gasteiger partial charge in [0, 0.05) is 10.7 Å². The van der Waals surface area contributed by atoms with Crippen LogP contribution in [-0.2, 0) is 6.18 Å². The number of anilines is 2. The summed E-state index contributed by atoms with van der Waals surface area (Å²) in [6, 6.07) is 5.02. The quantitative estimate of drug-likeness (QED) is 0.899. The number of benzene rings is 1. The van der Waals surface area contributed by atoms with Gasteiger partial charge in [0.15, 0.2) is 0 Å². The second kappa shape index (κ2) is 4.74. The number of nitrogens with zero attached hydrogens (tertiary/aromatic N) is 2. The molecule has 0 aliphatic rings. The second-order valence-electron chi connectivity index (χ2n) is 3.49. The summed E-state index contributed by atoms with van der Waals surface area (Å²) in [6.07, 6.45) is -4.47. The third-order valence-corrected chi connectivity index (χ3v) is 3.22. The fourth-order valence-electron chi connectivity index (χ4n) is 1.27. The Kier molecular flexibility index (Phi) is 3.45. The van der Waals surface area contributed by atoms with Crippen molar-refractivity contribution in [1.82, 2.24) is 10.2 Å². The van der Waals surface area contributed by atoms with Gasteiger partial charge in [-0.25, -0.2) is 0 Å². The zero-order valence-electron chi connectivity index (χ0n) is 9.05. The lowest BCUT2D eigenvalue weighted by atomic mass is 10.2. The van der Waals surface area contributed by atoms with Crippen LogP contribution in [0.5, 0.6) is 0 Å². The van der Waals surface area contributed by atoms with Crippen LogP contribution in [0.1, 0.15) is 10.6 Å². The topological polar surface area (TPSA) is 37.8 Å². The SMILES string of the molecule is Cc1cc(Cl)ccc1Nc1nnc(C(F)(F)F)s1. The molecule has 0 atom stereocenters. The molecule has 0 aliphatic carbocycles. The van der Waals surface area contributed by atoms with Gasteiger partial charge in [0.1, 0.15) is 0 Å². The summed E-state index contributed by atoms with van der Waals surface area (Å²) >= 11 is 6.24. The number of aromatic nitrogens is 2. The molecule has 0 fully saturated rings. The highest BCUT2D eigenvalue weighted by atomic mass is 35.5. The minimum absolute atomic E-state index is 0.0905. The molecule has 1 N–H and O–H groups in total. The van der Waals surface area contributed by atoms with Crippen LogP contribution in [0.3, 0.4) is 0 Å². The number of hydrogen-bond acceptors (Lipinski definition) is 4. The lowest BCUT2D eigenvalue weighted by molar-refractivity contribution is -0.138. The van der Waals surface area contributed by atoms with Crippen molar-refractivity contribution < 1.29 is 13.2 Å². The second-order valence-corrected chi connectivity index (χ2v) is 4.91. The van der Waals surface area contributed by atoms with E-state index in [9.17, 15) is 13.2 Å². The monoisotopic (exact) mass is 293 g/mol. The number of hydrogen-bond donors (Lipinski definition) is 1. The Morgan fingerprint density at radius 1 is 1.28 bits per heavy atom. The zero-order valence-corrected chi connectivity index (χ0v) is 10.6. The summed E-state index contributed by atoms with van der Waals surface area (Å²) in [6.45, 7) is 1.79. The third kappa shape index (κ3) is 2.91. The standard InChI is InChI=1S/C10H7ClF3N3S/c1-5-4-6(11)2-3-7(5)15-9-17-16-8(18-9)10(12,13)14/h2-4H,1H3,(H,15,17). The molecular formula is C10H7ClF3N3S. The molecule has 0 bridgehead atoms. The van der Waals surface area contributed by atoms with Gasteiger partial charge in [0.05, 0.1) is 0 Å². The third-order valence-electron chi connectivity index (χ3n) is 2.10. The largest absolute Gasteiger partial charge is 0.445 e. The molecule has 0 aliphatic heterocycles. The number of nitrogens with one attached hydrogen (secondary N) is 1. The van der Waals surface area contributed by atoms with Crippen LogP contribution in [0.4, 0.5) is 24.0 Å². The highest BCUT2D eigenvalue weighted by molar-refractivity contribution is 7.15. The van der Waals surface area contributed by atoms with Gasteiger partial charge in [-0.3, -0.25) is 0 Å². The van der Waals surface area contributed by atoms with Crippen molar-refractivity contribution in [3.8, 4) is 0 Å². The molecule has 0 saturated heterocycles. The summed E-state index contributed by atoms with van der Waals surface area (Å²) in [7, 11) is 0. The van der Waals surface area contributed by atoms with Crippen molar-refractivity contribution in [3.05, 3.63) is 33.8 Å². The highest BCUT2D eigenvalue weighted by Crippen LogP contribution is 2.34. The van der Waals surface area contributed by atoms with Gasteiger partial charge < -0.3 is 5.32 Å². The van der Waals surface area contributed by atoms with E-state index in [2.05, 4.69) is 15.5 Å². The summed E-state index contributed by atoms with van der Waals surface area (Å²) in [5, 5.41) is 8.99. The van der Waals surface area contributed by atoms with Crippen molar-refractivity contribution >= 4 is 33.8 Å². The normalized spacial score (nSPS) is 11.6. The fraction of sp³-hybridized carbons (Fsp3) is 0.200. The van der Waals surface area contributed by atoms with E-state index in [-0.39, 0.29) is 5.13 Å². The van der Waals surface area contributed by atoms with Crippen LogP contribution < -0.4 is 5.32 Å². The predicted molar refractivity (Wildman–Crippen MR) is 64.4 cm³/mol. The van der Waals surface area contributed by atoms with E-state index in [1.165, 1.54) is 0 Å². The van der Waals surface area contributed by atoms with Crippen molar-refractivity contribution in [3.63, 3.8) is 0 Å². The van der Waals surface area contributed by atoms with Gasteiger partial charge in [0.2, 0.25) is 10.1 Å². The van der Waals surface area contributed by atoms with Crippen LogP contribution in [0.2, 0.25) is 5.02 Å². The number of rotatable bonds is 2. The molecule has 2 rings (SSSR count). The van der Waals surface area contributed by atoms with E-state index < -0.39 is 11.2 Å². The van der Waals surface area contributed by atoms with Gasteiger partial charge in [-0.1, -0.05) is 22.9 Å². The lowest BCUT2D eigenvalue weighted by Crippen LogP contribution is -2.03. The zero-order chi connectivity index (χ0) is 13.3. The molecule has 1 aromatic carbocycles. The molecule has 1 heterocycles. The van der Waals surface area contributed by atoms with Gasteiger partial charge in [-0.05, 0) is 30.7 Å². The average molecular weight is 294 g/mol. The Bertz CT molecular complexity index is 568. The first-order valence-corrected chi connectivity index (χ1v) is 5.99. The Morgan fingerprint density at radius 2 is 2.00 bits per heavy atom. The number of alkyl halides is 3. The Balaban J connectivity index is 2.21. The molecule has 1 aromatic heterocycles. The Hall–Kier alpha value is -1.34. The van der Waals surface area contributed by atoms with E-state index in [1.807, 2.05) is 0 Å². The summed E-state index contributed by atoms with van der Waals surface area (Å²) in [5.41, 5.74) is 1.45. The molecule has 18 heavy (non-hydrogen) atoms. The number of aryl methyl sites for hydroxylation is 1. The van der Waals surface area contributed by atoms with Crippen molar-refractivity contribution in [2.24, 2.45) is 0 Å². The lowest BCUT2D eigenvalue weighted by Gasteiger charge is -2.06. The van der Waals surface area contributed by atoms with Crippen molar-refractivity contribution in [2.75, 3.05) is 5.32 Å². The van der Waals surface area contributed by atoms with E-state index in [0.717, 1.165) is 5.56 Å². The smallest absolute Gasteiger partial charge is 0.330 e. The molecule has 0 saturated carbocycles. The molecule has 0 unspecified atom stereocenters. The van der Waals surface area contributed by atoms with Crippen molar-refractivity contribution in [2.45, 2.75) is 13.1 Å². The molecule has 0 amide bonds. The maximum absolute atomic E-state index is 12.3. The minimum atomic E-state index is -4.47. The average Bonchev–Trinajstić information content (AvgIpc) is 2.70. The minimum Gasteiger partial charge on any atom is -0.330 e. The highest BCUT2D eigenvalue weighted by Gasteiger charge is 2.35. The molecule has 96 valence electrons. The van der Waals surface area contributed by atoms with Gasteiger partial charge in [-0.15, -0.1) is 10.2 Å². The number of halogens is 4. The Morgan fingerprint density at radius 3 is 2.56 bits per heavy atom. The van der Waals surface area contributed by atoms with E-state index in [4.69, 9.17) is 11.6 Å². The summed E-state index contributed by atoms with van der Waals surface area (Å²) < 4.78 is 37.0. The van der Waals surface area contributed by atoms with Gasteiger partial charge in [-0.2, -0.15) is 13.2 Å². The molecule has 2 aromatic rings. The Labute approximate surface area is 110 Å². The maximum atomic E-state index is 12.3. The molecule has 3 nitrogen and oxygen atoms in total. The first-order valence-electron chi connectivity index (χ1n) is 4.80. The van der Waals surface area contributed by atoms with Crippen LogP contribution in [0.15, 0.2) is 18.2 Å². The van der Waals surface area contributed by atoms with Crippen LogP contribution in [-0.4, -0.2) is 10.2 Å². The summed E-state index contributed by atoms with van der Waals surface area (Å²) in [5.74, 6) is 0. The molecular weight excluding hydrogens is 287 g/mol. The maximum Gasteiger partial charge on any atom is 0.445 e. The predicted octanol–water partition coefficient (Wildman–Crippen LogP) is 4.26. The van der Waals surface area contributed by atoms with Gasteiger partial charge in [0.25, 0.3) is 0 Å². The van der Waals surface area contributed by atoms with Crippen LogP contribution in [0, 0.1) is 6.92 Å². The molecule has 8 heteroatoms.